The Balaban J connectivity index is 2.38. The third kappa shape index (κ3) is 4.57. The van der Waals surface area contributed by atoms with Crippen molar-refractivity contribution in [2.75, 3.05) is 25.6 Å². The number of unbranched alkanes of at least 4 members (excludes halogenated alkanes) is 1. The van der Waals surface area contributed by atoms with Crippen molar-refractivity contribution in [3.63, 3.8) is 0 Å². The van der Waals surface area contributed by atoms with Crippen LogP contribution in [0.3, 0.4) is 0 Å². The SMILES string of the molecule is CCc1cc(NCCCCOC)nc(C)n1. The van der Waals surface area contributed by atoms with Gasteiger partial charge in [0.1, 0.15) is 11.6 Å². The molecule has 0 aliphatic heterocycles. The van der Waals surface area contributed by atoms with Crippen molar-refractivity contribution in [3.8, 4) is 0 Å². The van der Waals surface area contributed by atoms with Gasteiger partial charge in [0, 0.05) is 32.0 Å². The molecule has 1 aromatic rings. The zero-order valence-electron chi connectivity index (χ0n) is 10.4. The lowest BCUT2D eigenvalue weighted by atomic mass is 10.3. The molecule has 0 aliphatic carbocycles. The van der Waals surface area contributed by atoms with Gasteiger partial charge in [-0.25, -0.2) is 9.97 Å². The van der Waals surface area contributed by atoms with Crippen LogP contribution in [0.15, 0.2) is 6.07 Å². The standard InChI is InChI=1S/C12H21N3O/c1-4-11-9-12(15-10(2)14-11)13-7-5-6-8-16-3/h9H,4-8H2,1-3H3,(H,13,14,15). The van der Waals surface area contributed by atoms with Crippen LogP contribution in [-0.4, -0.2) is 30.2 Å². The lowest BCUT2D eigenvalue weighted by Gasteiger charge is -2.07. The summed E-state index contributed by atoms with van der Waals surface area (Å²) in [7, 11) is 1.73. The minimum absolute atomic E-state index is 0.824. The lowest BCUT2D eigenvalue weighted by Crippen LogP contribution is -2.07. The Morgan fingerprint density at radius 3 is 2.81 bits per heavy atom. The lowest BCUT2D eigenvalue weighted by molar-refractivity contribution is 0.194. The summed E-state index contributed by atoms with van der Waals surface area (Å²) in [6.45, 7) is 5.78. The van der Waals surface area contributed by atoms with Crippen molar-refractivity contribution >= 4 is 5.82 Å². The summed E-state index contributed by atoms with van der Waals surface area (Å²) in [5.41, 5.74) is 1.09. The molecule has 0 unspecified atom stereocenters. The monoisotopic (exact) mass is 223 g/mol. The predicted octanol–water partition coefficient (Wildman–Crippen LogP) is 2.19. The first-order valence-corrected chi connectivity index (χ1v) is 5.83. The minimum atomic E-state index is 0.824. The molecule has 0 aromatic carbocycles. The van der Waals surface area contributed by atoms with Gasteiger partial charge in [0.2, 0.25) is 0 Å². The van der Waals surface area contributed by atoms with E-state index in [4.69, 9.17) is 4.74 Å². The van der Waals surface area contributed by atoms with E-state index in [0.29, 0.717) is 0 Å². The van der Waals surface area contributed by atoms with Crippen molar-refractivity contribution in [1.29, 1.82) is 0 Å². The number of aryl methyl sites for hydroxylation is 2. The number of hydrogen-bond donors (Lipinski definition) is 1. The van der Waals surface area contributed by atoms with Crippen LogP contribution >= 0.6 is 0 Å². The number of rotatable bonds is 7. The Labute approximate surface area is 97.5 Å². The van der Waals surface area contributed by atoms with Crippen molar-refractivity contribution in [2.24, 2.45) is 0 Å². The van der Waals surface area contributed by atoms with E-state index in [1.165, 1.54) is 0 Å². The van der Waals surface area contributed by atoms with Crippen LogP contribution in [0.25, 0.3) is 0 Å². The number of anilines is 1. The predicted molar refractivity (Wildman–Crippen MR) is 65.7 cm³/mol. The van der Waals surface area contributed by atoms with Crippen LogP contribution in [0.1, 0.15) is 31.3 Å². The molecule has 0 spiro atoms. The minimum Gasteiger partial charge on any atom is -0.385 e. The van der Waals surface area contributed by atoms with Crippen molar-refractivity contribution in [1.82, 2.24) is 9.97 Å². The molecule has 1 aromatic heterocycles. The maximum atomic E-state index is 5.00. The third-order valence-electron chi connectivity index (χ3n) is 2.33. The molecule has 16 heavy (non-hydrogen) atoms. The molecular weight excluding hydrogens is 202 g/mol. The molecule has 1 N–H and O–H groups in total. The van der Waals surface area contributed by atoms with Gasteiger partial charge in [-0.15, -0.1) is 0 Å². The Hall–Kier alpha value is -1.16. The Bertz CT molecular complexity index is 315. The zero-order valence-corrected chi connectivity index (χ0v) is 10.4. The van der Waals surface area contributed by atoms with E-state index in [-0.39, 0.29) is 0 Å². The zero-order chi connectivity index (χ0) is 11.8. The highest BCUT2D eigenvalue weighted by Crippen LogP contribution is 2.07. The largest absolute Gasteiger partial charge is 0.385 e. The second kappa shape index (κ2) is 7.17. The maximum absolute atomic E-state index is 5.00. The van der Waals surface area contributed by atoms with E-state index in [2.05, 4.69) is 22.2 Å². The number of aromatic nitrogens is 2. The number of nitrogens with one attached hydrogen (secondary N) is 1. The summed E-state index contributed by atoms with van der Waals surface area (Å²) in [4.78, 5) is 8.69. The molecule has 4 nitrogen and oxygen atoms in total. The van der Waals surface area contributed by atoms with Gasteiger partial charge in [-0.2, -0.15) is 0 Å². The van der Waals surface area contributed by atoms with Gasteiger partial charge in [-0.1, -0.05) is 6.92 Å². The first-order chi connectivity index (χ1) is 7.76. The Kier molecular flexibility index (Phi) is 5.78. The Morgan fingerprint density at radius 1 is 1.31 bits per heavy atom. The van der Waals surface area contributed by atoms with Gasteiger partial charge in [-0.05, 0) is 26.2 Å². The van der Waals surface area contributed by atoms with Crippen LogP contribution < -0.4 is 5.32 Å². The van der Waals surface area contributed by atoms with Crippen LogP contribution in [0.2, 0.25) is 0 Å². The number of nitrogens with zero attached hydrogens (tertiary/aromatic N) is 2. The molecule has 0 fully saturated rings. The van der Waals surface area contributed by atoms with Crippen molar-refractivity contribution in [3.05, 3.63) is 17.6 Å². The summed E-state index contributed by atoms with van der Waals surface area (Å²) in [5.74, 6) is 1.76. The van der Waals surface area contributed by atoms with Gasteiger partial charge in [-0.3, -0.25) is 0 Å². The molecule has 1 rings (SSSR count). The number of methoxy groups -OCH3 is 1. The van der Waals surface area contributed by atoms with Gasteiger partial charge in [0.05, 0.1) is 0 Å². The highest BCUT2D eigenvalue weighted by molar-refractivity contribution is 5.35. The van der Waals surface area contributed by atoms with Crippen molar-refractivity contribution in [2.45, 2.75) is 33.1 Å². The fourth-order valence-corrected chi connectivity index (χ4v) is 1.49. The molecule has 0 amide bonds. The molecule has 1 heterocycles. The summed E-state index contributed by atoms with van der Waals surface area (Å²) in [5, 5.41) is 3.31. The molecule has 0 bridgehead atoms. The second-order valence-corrected chi connectivity index (χ2v) is 3.77. The van der Waals surface area contributed by atoms with E-state index >= 15 is 0 Å². The molecule has 4 heteroatoms. The topological polar surface area (TPSA) is 47.0 Å². The van der Waals surface area contributed by atoms with Gasteiger partial charge in [0.25, 0.3) is 0 Å². The van der Waals surface area contributed by atoms with E-state index in [1.54, 1.807) is 7.11 Å². The van der Waals surface area contributed by atoms with Crippen LogP contribution in [-0.2, 0) is 11.2 Å². The van der Waals surface area contributed by atoms with Gasteiger partial charge >= 0.3 is 0 Å². The van der Waals surface area contributed by atoms with Gasteiger partial charge in [0.15, 0.2) is 0 Å². The molecule has 0 saturated heterocycles. The molecule has 0 aliphatic rings. The van der Waals surface area contributed by atoms with Crippen LogP contribution in [0, 0.1) is 6.92 Å². The van der Waals surface area contributed by atoms with E-state index in [1.807, 2.05) is 13.0 Å². The molecular formula is C12H21N3O. The van der Waals surface area contributed by atoms with E-state index < -0.39 is 0 Å². The smallest absolute Gasteiger partial charge is 0.129 e. The fourth-order valence-electron chi connectivity index (χ4n) is 1.49. The number of hydrogen-bond acceptors (Lipinski definition) is 4. The summed E-state index contributed by atoms with van der Waals surface area (Å²) >= 11 is 0. The maximum Gasteiger partial charge on any atom is 0.129 e. The highest BCUT2D eigenvalue weighted by atomic mass is 16.5. The second-order valence-electron chi connectivity index (χ2n) is 3.77. The van der Waals surface area contributed by atoms with Crippen LogP contribution in [0.5, 0.6) is 0 Å². The molecule has 0 radical (unpaired) electrons. The van der Waals surface area contributed by atoms with Crippen molar-refractivity contribution < 1.29 is 4.74 Å². The summed E-state index contributed by atoms with van der Waals surface area (Å²) in [6, 6.07) is 2.02. The van der Waals surface area contributed by atoms with E-state index in [9.17, 15) is 0 Å². The first-order valence-electron chi connectivity index (χ1n) is 5.83. The molecule has 90 valence electrons. The summed E-state index contributed by atoms with van der Waals surface area (Å²) in [6.07, 6.45) is 3.12. The first kappa shape index (κ1) is 12.9. The quantitative estimate of drug-likeness (QED) is 0.720. The average molecular weight is 223 g/mol. The van der Waals surface area contributed by atoms with Gasteiger partial charge < -0.3 is 10.1 Å². The van der Waals surface area contributed by atoms with E-state index in [0.717, 1.165) is 49.8 Å². The number of ether oxygens (including phenoxy) is 1. The fraction of sp³-hybridized carbons (Fsp3) is 0.667. The normalized spacial score (nSPS) is 10.4. The average Bonchev–Trinajstić information content (AvgIpc) is 2.28. The summed E-state index contributed by atoms with van der Waals surface area (Å²) < 4.78 is 5.00. The third-order valence-corrected chi connectivity index (χ3v) is 2.33. The van der Waals surface area contributed by atoms with Crippen LogP contribution in [0.4, 0.5) is 5.82 Å². The highest BCUT2D eigenvalue weighted by Gasteiger charge is 1.99. The molecule has 0 atom stereocenters. The molecule has 0 saturated carbocycles. The Morgan fingerprint density at radius 2 is 2.12 bits per heavy atom.